The molecular weight excluding hydrogens is 198 g/mol. The van der Waals surface area contributed by atoms with E-state index < -0.39 is 5.97 Å². The summed E-state index contributed by atoms with van der Waals surface area (Å²) < 4.78 is 5.28. The van der Waals surface area contributed by atoms with Crippen LogP contribution in [0.4, 0.5) is 0 Å². The second-order valence-corrected chi connectivity index (χ2v) is 4.21. The molecule has 0 aromatic heterocycles. The van der Waals surface area contributed by atoms with Crippen LogP contribution >= 0.6 is 0 Å². The Labute approximate surface area is 88.0 Å². The Hall–Kier alpha value is -1.10. The van der Waals surface area contributed by atoms with Crippen LogP contribution in [0, 0.1) is 5.92 Å². The Bertz CT molecular complexity index is 267. The fourth-order valence-electron chi connectivity index (χ4n) is 2.10. The molecule has 0 spiro atoms. The van der Waals surface area contributed by atoms with Gasteiger partial charge in [-0.3, -0.25) is 9.59 Å². The van der Waals surface area contributed by atoms with E-state index in [0.29, 0.717) is 19.7 Å². The third-order valence-corrected chi connectivity index (χ3v) is 2.94. The molecule has 2 rings (SSSR count). The summed E-state index contributed by atoms with van der Waals surface area (Å²) in [5.74, 6) is -0.619. The minimum absolute atomic E-state index is 0.0362. The van der Waals surface area contributed by atoms with Gasteiger partial charge in [0.15, 0.2) is 0 Å². The van der Waals surface area contributed by atoms with Crippen LogP contribution < -0.4 is 0 Å². The first-order valence-electron chi connectivity index (χ1n) is 5.29. The molecule has 2 fully saturated rings. The summed E-state index contributed by atoms with van der Waals surface area (Å²) in [6.45, 7) is 1.82. The van der Waals surface area contributed by atoms with Crippen LogP contribution in [0.1, 0.15) is 19.3 Å². The molecule has 15 heavy (non-hydrogen) atoms. The molecule has 5 heteroatoms. The predicted octanol–water partition coefficient (Wildman–Crippen LogP) is 0.0985. The van der Waals surface area contributed by atoms with Crippen LogP contribution in [0.2, 0.25) is 0 Å². The van der Waals surface area contributed by atoms with Gasteiger partial charge in [-0.2, -0.15) is 0 Å². The van der Waals surface area contributed by atoms with Crippen LogP contribution in [0.25, 0.3) is 0 Å². The van der Waals surface area contributed by atoms with Crippen LogP contribution in [0.3, 0.4) is 0 Å². The van der Waals surface area contributed by atoms with E-state index >= 15 is 0 Å². The molecule has 1 atom stereocenters. The van der Waals surface area contributed by atoms with Crippen LogP contribution in [-0.4, -0.2) is 47.7 Å². The molecular formula is C10H15NO4. The Morgan fingerprint density at radius 2 is 2.13 bits per heavy atom. The highest BCUT2D eigenvalue weighted by Gasteiger charge is 2.36. The van der Waals surface area contributed by atoms with Crippen molar-refractivity contribution in [3.8, 4) is 0 Å². The highest BCUT2D eigenvalue weighted by molar-refractivity contribution is 5.82. The lowest BCUT2D eigenvalue weighted by atomic mass is 9.95. The Morgan fingerprint density at radius 1 is 1.40 bits per heavy atom. The number of carboxylic acids is 1. The van der Waals surface area contributed by atoms with Gasteiger partial charge in [-0.15, -0.1) is 0 Å². The quantitative estimate of drug-likeness (QED) is 0.722. The van der Waals surface area contributed by atoms with Crippen LogP contribution in [0.15, 0.2) is 0 Å². The van der Waals surface area contributed by atoms with Crippen molar-refractivity contribution < 1.29 is 19.4 Å². The van der Waals surface area contributed by atoms with Gasteiger partial charge in [-0.25, -0.2) is 0 Å². The third-order valence-electron chi connectivity index (χ3n) is 2.94. The second-order valence-electron chi connectivity index (χ2n) is 4.21. The first kappa shape index (κ1) is 10.4. The zero-order chi connectivity index (χ0) is 10.8. The number of hydrogen-bond donors (Lipinski definition) is 1. The Balaban J connectivity index is 1.74. The van der Waals surface area contributed by atoms with Crippen molar-refractivity contribution in [1.29, 1.82) is 0 Å². The summed E-state index contributed by atoms with van der Waals surface area (Å²) in [5.41, 5.74) is 0. The summed E-state index contributed by atoms with van der Waals surface area (Å²) in [7, 11) is 0. The fraction of sp³-hybridized carbons (Fsp3) is 0.800. The monoisotopic (exact) mass is 213 g/mol. The zero-order valence-electron chi connectivity index (χ0n) is 8.52. The summed E-state index contributed by atoms with van der Waals surface area (Å²) in [4.78, 5) is 23.8. The minimum Gasteiger partial charge on any atom is -0.481 e. The average molecular weight is 213 g/mol. The molecule has 0 saturated carbocycles. The summed E-state index contributed by atoms with van der Waals surface area (Å²) >= 11 is 0. The number of carbonyl (C=O) groups is 2. The maximum atomic E-state index is 11.7. The van der Waals surface area contributed by atoms with E-state index in [1.54, 1.807) is 4.90 Å². The van der Waals surface area contributed by atoms with Crippen molar-refractivity contribution in [2.24, 2.45) is 5.92 Å². The number of amides is 1. The van der Waals surface area contributed by atoms with Crippen LogP contribution in [0.5, 0.6) is 0 Å². The lowest BCUT2D eigenvalue weighted by molar-refractivity contribution is -0.151. The standard InChI is InChI=1S/C10H15NO4/c12-9(13)4-7-5-11(6-7)10(14)8-2-1-3-15-8/h7-8H,1-6H2,(H,12,13)/t8-/m1/s1. The molecule has 84 valence electrons. The molecule has 0 bridgehead atoms. The molecule has 2 aliphatic heterocycles. The highest BCUT2D eigenvalue weighted by atomic mass is 16.5. The van der Waals surface area contributed by atoms with E-state index in [2.05, 4.69) is 0 Å². The second kappa shape index (κ2) is 4.18. The Morgan fingerprint density at radius 3 is 2.67 bits per heavy atom. The molecule has 0 aromatic rings. The van der Waals surface area contributed by atoms with Gasteiger partial charge in [0.25, 0.3) is 5.91 Å². The number of rotatable bonds is 3. The van der Waals surface area contributed by atoms with Gasteiger partial charge in [0.2, 0.25) is 0 Å². The molecule has 0 aliphatic carbocycles. The van der Waals surface area contributed by atoms with Crippen molar-refractivity contribution in [2.75, 3.05) is 19.7 Å². The largest absolute Gasteiger partial charge is 0.481 e. The molecule has 2 heterocycles. The summed E-state index contributed by atoms with van der Waals surface area (Å²) in [6, 6.07) is 0. The van der Waals surface area contributed by atoms with Crippen molar-refractivity contribution in [2.45, 2.75) is 25.4 Å². The normalized spacial score (nSPS) is 26.4. The van der Waals surface area contributed by atoms with Gasteiger partial charge in [-0.05, 0) is 12.8 Å². The Kier molecular flexibility index (Phi) is 2.90. The van der Waals surface area contributed by atoms with Crippen molar-refractivity contribution in [1.82, 2.24) is 4.90 Å². The molecule has 0 radical (unpaired) electrons. The smallest absolute Gasteiger partial charge is 0.303 e. The van der Waals surface area contributed by atoms with Crippen LogP contribution in [-0.2, 0) is 14.3 Å². The molecule has 0 unspecified atom stereocenters. The van der Waals surface area contributed by atoms with Crippen molar-refractivity contribution >= 4 is 11.9 Å². The van der Waals surface area contributed by atoms with Gasteiger partial charge in [0, 0.05) is 25.6 Å². The maximum Gasteiger partial charge on any atom is 0.303 e. The molecule has 5 nitrogen and oxygen atoms in total. The van der Waals surface area contributed by atoms with E-state index in [0.717, 1.165) is 12.8 Å². The first-order chi connectivity index (χ1) is 7.16. The van der Waals surface area contributed by atoms with Gasteiger partial charge < -0.3 is 14.7 Å². The number of ether oxygens (including phenoxy) is 1. The maximum absolute atomic E-state index is 11.7. The molecule has 2 aliphatic rings. The molecule has 2 saturated heterocycles. The lowest BCUT2D eigenvalue weighted by Crippen LogP contribution is -2.53. The zero-order valence-corrected chi connectivity index (χ0v) is 8.52. The predicted molar refractivity (Wildman–Crippen MR) is 51.3 cm³/mol. The number of carboxylic acid groups (broad SMARTS) is 1. The number of likely N-dealkylation sites (tertiary alicyclic amines) is 1. The fourth-order valence-corrected chi connectivity index (χ4v) is 2.10. The third kappa shape index (κ3) is 2.28. The number of carbonyl (C=O) groups excluding carboxylic acids is 1. The average Bonchev–Trinajstić information content (AvgIpc) is 2.61. The van der Waals surface area contributed by atoms with Crippen molar-refractivity contribution in [3.05, 3.63) is 0 Å². The van der Waals surface area contributed by atoms with Crippen molar-refractivity contribution in [3.63, 3.8) is 0 Å². The summed E-state index contributed by atoms with van der Waals surface area (Å²) in [5, 5.41) is 8.56. The minimum atomic E-state index is -0.788. The number of nitrogens with zero attached hydrogens (tertiary/aromatic N) is 1. The lowest BCUT2D eigenvalue weighted by Gasteiger charge is -2.39. The topological polar surface area (TPSA) is 66.8 Å². The SMILES string of the molecule is O=C(O)CC1CN(C(=O)[C@H]2CCCO2)C1. The van der Waals surface area contributed by atoms with Gasteiger partial charge in [0.05, 0.1) is 6.42 Å². The number of hydrogen-bond acceptors (Lipinski definition) is 3. The van der Waals surface area contributed by atoms with E-state index in [1.807, 2.05) is 0 Å². The van der Waals surface area contributed by atoms with Gasteiger partial charge in [-0.1, -0.05) is 0 Å². The molecule has 1 amide bonds. The first-order valence-corrected chi connectivity index (χ1v) is 5.29. The van der Waals surface area contributed by atoms with Gasteiger partial charge in [0.1, 0.15) is 6.10 Å². The highest BCUT2D eigenvalue weighted by Crippen LogP contribution is 2.23. The molecule has 1 N–H and O–H groups in total. The number of aliphatic carboxylic acids is 1. The van der Waals surface area contributed by atoms with E-state index in [-0.39, 0.29) is 24.3 Å². The van der Waals surface area contributed by atoms with E-state index in [4.69, 9.17) is 9.84 Å². The molecule has 0 aromatic carbocycles. The van der Waals surface area contributed by atoms with E-state index in [1.165, 1.54) is 0 Å². The van der Waals surface area contributed by atoms with Gasteiger partial charge >= 0.3 is 5.97 Å². The summed E-state index contributed by atoms with van der Waals surface area (Å²) in [6.07, 6.45) is 1.65. The van der Waals surface area contributed by atoms with E-state index in [9.17, 15) is 9.59 Å².